The molecule has 0 amide bonds. The Balaban J connectivity index is 2.16. The van der Waals surface area contributed by atoms with Crippen LogP contribution in [0.15, 0.2) is 28.8 Å². The SMILES string of the molecule is CC1=CC(C)=N[C@@H]2Nc3c(C)cc(C)cc3C(=[NH2+])[C@H]12. The number of allylic oxidation sites excluding steroid dienone is 1. The predicted molar refractivity (Wildman–Crippen MR) is 79.7 cm³/mol. The maximum absolute atomic E-state index is 6.44. The van der Waals surface area contributed by atoms with Gasteiger partial charge in [-0.1, -0.05) is 11.6 Å². The smallest absolute Gasteiger partial charge is 0.193 e. The van der Waals surface area contributed by atoms with E-state index in [1.807, 2.05) is 6.92 Å². The van der Waals surface area contributed by atoms with Gasteiger partial charge in [0.05, 0.1) is 11.3 Å². The molecule has 2 aliphatic rings. The van der Waals surface area contributed by atoms with Crippen LogP contribution in [0.4, 0.5) is 5.69 Å². The highest BCUT2D eigenvalue weighted by molar-refractivity contribution is 6.09. The minimum atomic E-state index is 0.0407. The molecule has 3 nitrogen and oxygen atoms in total. The van der Waals surface area contributed by atoms with Crippen LogP contribution in [0.2, 0.25) is 0 Å². The summed E-state index contributed by atoms with van der Waals surface area (Å²) in [6.45, 7) is 8.40. The third-order valence-corrected chi connectivity index (χ3v) is 4.00. The molecule has 0 fully saturated rings. The first-order chi connectivity index (χ1) is 8.97. The molecule has 2 heterocycles. The maximum atomic E-state index is 6.44. The Bertz CT molecular complexity index is 638. The van der Waals surface area contributed by atoms with Gasteiger partial charge in [0.1, 0.15) is 12.1 Å². The zero-order valence-electron chi connectivity index (χ0n) is 11.9. The second kappa shape index (κ2) is 4.05. The lowest BCUT2D eigenvalue weighted by Gasteiger charge is -2.34. The van der Waals surface area contributed by atoms with Crippen LogP contribution in [0.3, 0.4) is 0 Å². The summed E-state index contributed by atoms with van der Waals surface area (Å²) >= 11 is 0. The molecule has 0 aliphatic carbocycles. The lowest BCUT2D eigenvalue weighted by atomic mass is 9.81. The van der Waals surface area contributed by atoms with E-state index in [-0.39, 0.29) is 12.1 Å². The van der Waals surface area contributed by atoms with Crippen molar-refractivity contribution in [3.63, 3.8) is 0 Å². The van der Waals surface area contributed by atoms with E-state index in [9.17, 15) is 0 Å². The van der Waals surface area contributed by atoms with Gasteiger partial charge >= 0.3 is 0 Å². The number of aliphatic imine (C=N–C) groups is 1. The molecular formula is C16H20N3+. The fourth-order valence-electron chi connectivity index (χ4n) is 3.23. The summed E-state index contributed by atoms with van der Waals surface area (Å²) in [4.78, 5) is 4.70. The second-order valence-corrected chi connectivity index (χ2v) is 5.69. The van der Waals surface area contributed by atoms with Crippen molar-refractivity contribution >= 4 is 17.1 Å². The van der Waals surface area contributed by atoms with Gasteiger partial charge in [-0.2, -0.15) is 0 Å². The Hall–Kier alpha value is -1.90. The van der Waals surface area contributed by atoms with Crippen molar-refractivity contribution in [2.24, 2.45) is 10.9 Å². The number of fused-ring (bicyclic) bond motifs is 2. The lowest BCUT2D eigenvalue weighted by molar-refractivity contribution is -0.118. The number of rotatable bonds is 0. The molecule has 0 spiro atoms. The molecule has 0 saturated heterocycles. The predicted octanol–water partition coefficient (Wildman–Crippen LogP) is 1.64. The van der Waals surface area contributed by atoms with Gasteiger partial charge in [-0.3, -0.25) is 10.4 Å². The van der Waals surface area contributed by atoms with Crippen LogP contribution in [0, 0.1) is 19.8 Å². The number of anilines is 1. The van der Waals surface area contributed by atoms with Crippen LogP contribution in [0.25, 0.3) is 0 Å². The molecule has 3 rings (SSSR count). The highest BCUT2D eigenvalue weighted by atomic mass is 15.1. The first-order valence-corrected chi connectivity index (χ1v) is 6.70. The van der Waals surface area contributed by atoms with Crippen LogP contribution in [0.1, 0.15) is 30.5 Å². The molecule has 2 atom stereocenters. The highest BCUT2D eigenvalue weighted by Gasteiger charge is 2.39. The van der Waals surface area contributed by atoms with E-state index in [4.69, 9.17) is 10.4 Å². The third-order valence-electron chi connectivity index (χ3n) is 4.00. The summed E-state index contributed by atoms with van der Waals surface area (Å²) < 4.78 is 0. The summed E-state index contributed by atoms with van der Waals surface area (Å²) in [5.41, 5.74) is 8.04. The van der Waals surface area contributed by atoms with E-state index in [0.717, 1.165) is 22.7 Å². The van der Waals surface area contributed by atoms with Crippen molar-refractivity contribution in [1.29, 1.82) is 0 Å². The number of nitrogens with zero attached hydrogens (tertiary/aromatic N) is 1. The molecule has 2 aliphatic heterocycles. The summed E-state index contributed by atoms with van der Waals surface area (Å²) in [5.74, 6) is 0.178. The zero-order chi connectivity index (χ0) is 13.7. The standard InChI is InChI=1S/C16H19N3/c1-8-5-10(3)15-12(6-8)14(17)13-9(2)7-11(4)18-16(13)19-15/h5-7,13,16-17,19H,1-4H3/p+1/t13-,16+/m0/s1. The first kappa shape index (κ1) is 12.2. The molecule has 0 saturated carbocycles. The largest absolute Gasteiger partial charge is 0.362 e. The molecule has 3 heteroatoms. The second-order valence-electron chi connectivity index (χ2n) is 5.69. The Morgan fingerprint density at radius 2 is 1.89 bits per heavy atom. The Morgan fingerprint density at radius 1 is 1.16 bits per heavy atom. The Kier molecular flexibility index (Phi) is 2.59. The van der Waals surface area contributed by atoms with Gasteiger partial charge in [0.25, 0.3) is 0 Å². The lowest BCUT2D eigenvalue weighted by Crippen LogP contribution is -2.54. The number of hydrogen-bond donors (Lipinski definition) is 2. The van der Waals surface area contributed by atoms with Crippen molar-refractivity contribution in [2.75, 3.05) is 5.32 Å². The molecule has 1 aromatic rings. The van der Waals surface area contributed by atoms with E-state index in [2.05, 4.69) is 44.3 Å². The maximum Gasteiger partial charge on any atom is 0.193 e. The summed E-state index contributed by atoms with van der Waals surface area (Å²) in [7, 11) is 0. The fourth-order valence-corrected chi connectivity index (χ4v) is 3.23. The van der Waals surface area contributed by atoms with Crippen LogP contribution < -0.4 is 10.7 Å². The first-order valence-electron chi connectivity index (χ1n) is 6.70. The molecule has 0 bridgehead atoms. The van der Waals surface area contributed by atoms with E-state index in [1.165, 1.54) is 16.7 Å². The average molecular weight is 254 g/mol. The molecule has 3 N–H and O–H groups in total. The zero-order valence-corrected chi connectivity index (χ0v) is 11.9. The summed E-state index contributed by atoms with van der Waals surface area (Å²) in [6.07, 6.45) is 2.17. The number of hydrogen-bond acceptors (Lipinski definition) is 2. The van der Waals surface area contributed by atoms with Crippen LogP contribution >= 0.6 is 0 Å². The van der Waals surface area contributed by atoms with Crippen molar-refractivity contribution < 1.29 is 5.41 Å². The summed E-state index contributed by atoms with van der Waals surface area (Å²) in [6, 6.07) is 4.35. The minimum absolute atomic E-state index is 0.0407. The quantitative estimate of drug-likeness (QED) is 0.726. The van der Waals surface area contributed by atoms with Crippen molar-refractivity contribution in [3.05, 3.63) is 40.5 Å². The number of benzene rings is 1. The van der Waals surface area contributed by atoms with Gasteiger partial charge in [-0.15, -0.1) is 0 Å². The number of aryl methyl sites for hydroxylation is 2. The van der Waals surface area contributed by atoms with E-state index in [0.29, 0.717) is 0 Å². The third kappa shape index (κ3) is 1.81. The van der Waals surface area contributed by atoms with E-state index < -0.39 is 0 Å². The van der Waals surface area contributed by atoms with Crippen LogP contribution in [-0.4, -0.2) is 17.6 Å². The Morgan fingerprint density at radius 3 is 2.63 bits per heavy atom. The van der Waals surface area contributed by atoms with Crippen molar-refractivity contribution in [1.82, 2.24) is 0 Å². The van der Waals surface area contributed by atoms with Crippen LogP contribution in [-0.2, 0) is 0 Å². The Labute approximate surface area is 114 Å². The fraction of sp³-hybridized carbons (Fsp3) is 0.375. The van der Waals surface area contributed by atoms with Gasteiger partial charge in [-0.05, 0) is 51.0 Å². The molecule has 19 heavy (non-hydrogen) atoms. The number of nitrogens with one attached hydrogen (secondary N) is 1. The van der Waals surface area contributed by atoms with Crippen molar-refractivity contribution in [2.45, 2.75) is 33.9 Å². The highest BCUT2D eigenvalue weighted by Crippen LogP contribution is 2.36. The molecule has 1 aromatic carbocycles. The normalized spacial score (nSPS) is 24.9. The molecule has 0 unspecified atom stereocenters. The monoisotopic (exact) mass is 254 g/mol. The van der Waals surface area contributed by atoms with Gasteiger partial charge in [0, 0.05) is 5.71 Å². The average Bonchev–Trinajstić information content (AvgIpc) is 2.30. The minimum Gasteiger partial charge on any atom is -0.362 e. The number of nitrogens with two attached hydrogens (primary N) is 1. The molecule has 0 aromatic heterocycles. The number of dihydropyridines is 1. The van der Waals surface area contributed by atoms with Gasteiger partial charge in [0.15, 0.2) is 5.71 Å². The summed E-state index contributed by atoms with van der Waals surface area (Å²) in [5, 5.41) is 10.00. The van der Waals surface area contributed by atoms with Crippen molar-refractivity contribution in [3.8, 4) is 0 Å². The van der Waals surface area contributed by atoms with E-state index in [1.54, 1.807) is 0 Å². The molecular weight excluding hydrogens is 234 g/mol. The van der Waals surface area contributed by atoms with Crippen LogP contribution in [0.5, 0.6) is 0 Å². The van der Waals surface area contributed by atoms with Gasteiger partial charge in [-0.25, -0.2) is 0 Å². The van der Waals surface area contributed by atoms with Gasteiger partial charge < -0.3 is 5.32 Å². The topological polar surface area (TPSA) is 50.0 Å². The van der Waals surface area contributed by atoms with Gasteiger partial charge in [0.2, 0.25) is 0 Å². The molecule has 98 valence electrons. The molecule has 0 radical (unpaired) electrons. The van der Waals surface area contributed by atoms with E-state index >= 15 is 0 Å².